The van der Waals surface area contributed by atoms with E-state index in [4.69, 9.17) is 4.74 Å². The SMILES string of the molecule is Cc1ncc(-n2cc([N+](=O)[O-])cn2)cc1C(=O)N1CCOCC1. The molecule has 1 aliphatic rings. The highest BCUT2D eigenvalue weighted by Gasteiger charge is 2.21. The van der Waals surface area contributed by atoms with E-state index in [0.717, 1.165) is 6.20 Å². The molecule has 1 aliphatic heterocycles. The van der Waals surface area contributed by atoms with Gasteiger partial charge in [0.2, 0.25) is 0 Å². The van der Waals surface area contributed by atoms with Crippen molar-refractivity contribution in [2.45, 2.75) is 6.92 Å². The van der Waals surface area contributed by atoms with Crippen LogP contribution in [0.2, 0.25) is 0 Å². The van der Waals surface area contributed by atoms with Gasteiger partial charge in [0.25, 0.3) is 5.91 Å². The maximum Gasteiger partial charge on any atom is 0.307 e. The van der Waals surface area contributed by atoms with Crippen LogP contribution < -0.4 is 0 Å². The van der Waals surface area contributed by atoms with Crippen LogP contribution in [0.1, 0.15) is 16.1 Å². The molecule has 23 heavy (non-hydrogen) atoms. The number of nitrogens with zero attached hydrogens (tertiary/aromatic N) is 5. The van der Waals surface area contributed by atoms with Gasteiger partial charge in [0.1, 0.15) is 12.4 Å². The molecule has 3 heterocycles. The van der Waals surface area contributed by atoms with Crippen molar-refractivity contribution >= 4 is 11.6 Å². The van der Waals surface area contributed by atoms with Crippen molar-refractivity contribution in [3.8, 4) is 5.69 Å². The molecule has 2 aromatic rings. The topological polar surface area (TPSA) is 103 Å². The number of rotatable bonds is 3. The quantitative estimate of drug-likeness (QED) is 0.617. The average molecular weight is 317 g/mol. The molecule has 9 nitrogen and oxygen atoms in total. The summed E-state index contributed by atoms with van der Waals surface area (Å²) in [5, 5.41) is 14.7. The van der Waals surface area contributed by atoms with E-state index in [1.165, 1.54) is 17.1 Å². The molecule has 0 spiro atoms. The number of pyridine rings is 1. The predicted octanol–water partition coefficient (Wildman–Crippen LogP) is 0.956. The maximum atomic E-state index is 12.6. The van der Waals surface area contributed by atoms with Gasteiger partial charge in [0, 0.05) is 13.1 Å². The number of carbonyl (C=O) groups excluding carboxylic acids is 1. The zero-order valence-electron chi connectivity index (χ0n) is 12.5. The second kappa shape index (κ2) is 6.13. The minimum absolute atomic E-state index is 0.119. The highest BCUT2D eigenvalue weighted by Crippen LogP contribution is 2.17. The normalized spacial score (nSPS) is 14.7. The number of ether oxygens (including phenoxy) is 1. The van der Waals surface area contributed by atoms with Crippen LogP contribution in [0, 0.1) is 17.0 Å². The predicted molar refractivity (Wildman–Crippen MR) is 79.5 cm³/mol. The van der Waals surface area contributed by atoms with Crippen LogP contribution in [-0.2, 0) is 4.74 Å². The first-order chi connectivity index (χ1) is 11.1. The Bertz CT molecular complexity index is 751. The number of hydrogen-bond donors (Lipinski definition) is 0. The summed E-state index contributed by atoms with van der Waals surface area (Å²) in [6.45, 7) is 3.86. The molecule has 0 N–H and O–H groups in total. The van der Waals surface area contributed by atoms with Crippen LogP contribution in [0.4, 0.5) is 5.69 Å². The summed E-state index contributed by atoms with van der Waals surface area (Å²) in [5.74, 6) is -0.123. The third-order valence-electron chi connectivity index (χ3n) is 3.65. The Kier molecular flexibility index (Phi) is 4.02. The molecule has 1 saturated heterocycles. The molecule has 0 aliphatic carbocycles. The van der Waals surface area contributed by atoms with Crippen molar-refractivity contribution in [2.24, 2.45) is 0 Å². The summed E-state index contributed by atoms with van der Waals surface area (Å²) < 4.78 is 6.58. The number of aromatic nitrogens is 3. The molecule has 0 radical (unpaired) electrons. The van der Waals surface area contributed by atoms with Gasteiger partial charge in [-0.1, -0.05) is 0 Å². The second-order valence-corrected chi connectivity index (χ2v) is 5.13. The zero-order chi connectivity index (χ0) is 16.4. The molecule has 0 unspecified atom stereocenters. The standard InChI is InChI=1S/C14H15N5O4/c1-10-13(14(20)17-2-4-23-5-3-17)6-11(7-15-10)18-9-12(8-16-18)19(21)22/h6-9H,2-5H2,1H3. The first kappa shape index (κ1) is 15.1. The van der Waals surface area contributed by atoms with Gasteiger partial charge in [0.05, 0.1) is 41.3 Å². The summed E-state index contributed by atoms with van der Waals surface area (Å²) in [7, 11) is 0. The number of aryl methyl sites for hydroxylation is 1. The van der Waals surface area contributed by atoms with E-state index in [-0.39, 0.29) is 11.6 Å². The number of amides is 1. The lowest BCUT2D eigenvalue weighted by Crippen LogP contribution is -2.41. The molecule has 0 saturated carbocycles. The zero-order valence-corrected chi connectivity index (χ0v) is 12.5. The Morgan fingerprint density at radius 1 is 1.35 bits per heavy atom. The molecule has 1 amide bonds. The first-order valence-electron chi connectivity index (χ1n) is 7.09. The minimum Gasteiger partial charge on any atom is -0.378 e. The Labute approximate surface area is 131 Å². The second-order valence-electron chi connectivity index (χ2n) is 5.13. The fourth-order valence-corrected chi connectivity index (χ4v) is 2.35. The molecule has 9 heteroatoms. The monoisotopic (exact) mass is 317 g/mol. The Hall–Kier alpha value is -2.81. The Morgan fingerprint density at radius 3 is 2.74 bits per heavy atom. The number of hydrogen-bond acceptors (Lipinski definition) is 6. The van der Waals surface area contributed by atoms with Gasteiger partial charge in [-0.05, 0) is 13.0 Å². The van der Waals surface area contributed by atoms with E-state index in [9.17, 15) is 14.9 Å². The lowest BCUT2D eigenvalue weighted by molar-refractivity contribution is -0.384. The van der Waals surface area contributed by atoms with E-state index in [1.54, 1.807) is 17.9 Å². The van der Waals surface area contributed by atoms with Gasteiger partial charge < -0.3 is 9.64 Å². The summed E-state index contributed by atoms with van der Waals surface area (Å²) in [6, 6.07) is 1.65. The van der Waals surface area contributed by atoms with Crippen LogP contribution in [0.3, 0.4) is 0 Å². The first-order valence-corrected chi connectivity index (χ1v) is 7.09. The lowest BCUT2D eigenvalue weighted by Gasteiger charge is -2.27. The Balaban J connectivity index is 1.91. The van der Waals surface area contributed by atoms with Crippen molar-refractivity contribution < 1.29 is 14.5 Å². The molecular weight excluding hydrogens is 302 g/mol. The van der Waals surface area contributed by atoms with E-state index < -0.39 is 4.92 Å². The van der Waals surface area contributed by atoms with Gasteiger partial charge in [0.15, 0.2) is 0 Å². The fraction of sp³-hybridized carbons (Fsp3) is 0.357. The smallest absolute Gasteiger partial charge is 0.307 e. The molecular formula is C14H15N5O4. The molecule has 0 atom stereocenters. The largest absolute Gasteiger partial charge is 0.378 e. The van der Waals surface area contributed by atoms with E-state index in [2.05, 4.69) is 10.1 Å². The number of morpholine rings is 1. The summed E-state index contributed by atoms with van der Waals surface area (Å²) in [6.07, 6.45) is 3.97. The third-order valence-corrected chi connectivity index (χ3v) is 3.65. The molecule has 0 bridgehead atoms. The van der Waals surface area contributed by atoms with E-state index >= 15 is 0 Å². The number of nitro groups is 1. The van der Waals surface area contributed by atoms with E-state index in [1.807, 2.05) is 0 Å². The van der Waals surface area contributed by atoms with Crippen molar-refractivity contribution in [1.82, 2.24) is 19.7 Å². The molecule has 120 valence electrons. The van der Waals surface area contributed by atoms with Crippen molar-refractivity contribution in [1.29, 1.82) is 0 Å². The molecule has 3 rings (SSSR count). The summed E-state index contributed by atoms with van der Waals surface area (Å²) in [5.41, 5.74) is 1.45. The van der Waals surface area contributed by atoms with Crippen LogP contribution in [-0.4, -0.2) is 56.8 Å². The van der Waals surface area contributed by atoms with Gasteiger partial charge in [-0.2, -0.15) is 5.10 Å². The maximum absolute atomic E-state index is 12.6. The highest BCUT2D eigenvalue weighted by molar-refractivity contribution is 5.95. The van der Waals surface area contributed by atoms with Crippen molar-refractivity contribution in [3.63, 3.8) is 0 Å². The molecule has 0 aromatic carbocycles. The third kappa shape index (κ3) is 3.04. The lowest BCUT2D eigenvalue weighted by atomic mass is 10.1. The van der Waals surface area contributed by atoms with Crippen LogP contribution >= 0.6 is 0 Å². The van der Waals surface area contributed by atoms with Crippen molar-refractivity contribution in [2.75, 3.05) is 26.3 Å². The number of carbonyl (C=O) groups is 1. The molecule has 2 aromatic heterocycles. The average Bonchev–Trinajstić information content (AvgIpc) is 3.06. The van der Waals surface area contributed by atoms with Gasteiger partial charge in [-0.25, -0.2) is 4.68 Å². The van der Waals surface area contributed by atoms with Gasteiger partial charge in [-0.3, -0.25) is 19.9 Å². The van der Waals surface area contributed by atoms with E-state index in [0.29, 0.717) is 43.2 Å². The molecule has 1 fully saturated rings. The van der Waals surface area contributed by atoms with Gasteiger partial charge in [-0.15, -0.1) is 0 Å². The Morgan fingerprint density at radius 2 is 2.09 bits per heavy atom. The minimum atomic E-state index is -0.523. The van der Waals surface area contributed by atoms with Crippen LogP contribution in [0.15, 0.2) is 24.7 Å². The van der Waals surface area contributed by atoms with Crippen LogP contribution in [0.5, 0.6) is 0 Å². The fourth-order valence-electron chi connectivity index (χ4n) is 2.35. The van der Waals surface area contributed by atoms with Crippen molar-refractivity contribution in [3.05, 3.63) is 46.0 Å². The highest BCUT2D eigenvalue weighted by atomic mass is 16.6. The summed E-state index contributed by atoms with van der Waals surface area (Å²) in [4.78, 5) is 28.8. The van der Waals surface area contributed by atoms with Crippen LogP contribution in [0.25, 0.3) is 5.69 Å². The summed E-state index contributed by atoms with van der Waals surface area (Å²) >= 11 is 0. The van der Waals surface area contributed by atoms with Gasteiger partial charge >= 0.3 is 5.69 Å².